The molecule has 2 amide bonds. The summed E-state index contributed by atoms with van der Waals surface area (Å²) in [5, 5.41) is 0.440. The van der Waals surface area contributed by atoms with Crippen molar-refractivity contribution in [2.75, 3.05) is 6.54 Å². The Morgan fingerprint density at radius 3 is 2.58 bits per heavy atom. The molecule has 3 aliphatic heterocycles. The number of halogens is 3. The van der Waals surface area contributed by atoms with Gasteiger partial charge in [-0.3, -0.25) is 4.90 Å². The Kier molecular flexibility index (Phi) is 3.40. The van der Waals surface area contributed by atoms with E-state index in [2.05, 4.69) is 8.47 Å². The van der Waals surface area contributed by atoms with Gasteiger partial charge in [0.05, 0.1) is 6.04 Å². The molecular weight excluding hydrogens is 304 g/mol. The van der Waals surface area contributed by atoms with Crippen LogP contribution in [0, 0.1) is 0 Å². The minimum absolute atomic E-state index is 0. The average Bonchev–Trinajstić information content (AvgIpc) is 2.39. The van der Waals surface area contributed by atoms with E-state index in [1.54, 1.807) is 0 Å². The molecule has 0 unspecified atom stereocenters. The van der Waals surface area contributed by atoms with E-state index in [9.17, 15) is 26.4 Å². The Hall–Kier alpha value is -0.0700. The Morgan fingerprint density at radius 1 is 1.37 bits per heavy atom. The fourth-order valence-corrected chi connectivity index (χ4v) is 3.47. The van der Waals surface area contributed by atoms with Gasteiger partial charge in [0.2, 0.25) is 0 Å². The molecule has 12 heteroatoms. The van der Waals surface area contributed by atoms with E-state index in [4.69, 9.17) is 0 Å². The predicted octanol–water partition coefficient (Wildman–Crippen LogP) is -0.0292. The summed E-state index contributed by atoms with van der Waals surface area (Å²) < 4.78 is 70.3. The number of amides is 2. The standard InChI is InChI=1S/C7H7F3N2O5S.Na/c8-7(9,10)6-2-1-4-3-11(6)5(13)12(4)17-18(14,15)16-6;/h4H,1-3H2;/t4-,6+;/m1./s1. The molecule has 0 aliphatic carbocycles. The van der Waals surface area contributed by atoms with Crippen LogP contribution in [-0.2, 0) is 18.9 Å². The summed E-state index contributed by atoms with van der Waals surface area (Å²) in [6.45, 7) is -0.270. The Balaban J connectivity index is 0.00000133. The van der Waals surface area contributed by atoms with Gasteiger partial charge >= 0.3 is 22.6 Å². The molecule has 0 aromatic rings. The SMILES string of the molecule is O=C1N2OS(=O)(=O)O[C@]3(C(F)(F)F)CC[C@@H]2CN13.[Na]. The number of carbonyl (C=O) groups excluding carboxylic acids is 1. The average molecular weight is 311 g/mol. The van der Waals surface area contributed by atoms with Crippen LogP contribution in [0.15, 0.2) is 0 Å². The number of alkyl halides is 3. The van der Waals surface area contributed by atoms with E-state index in [-0.39, 0.29) is 42.5 Å². The first-order valence-corrected chi connectivity index (χ1v) is 6.32. The fraction of sp³-hybridized carbons (Fsp3) is 0.857. The van der Waals surface area contributed by atoms with Crippen molar-refractivity contribution in [1.29, 1.82) is 0 Å². The van der Waals surface area contributed by atoms with Gasteiger partial charge in [0.1, 0.15) is 0 Å². The maximum atomic E-state index is 13.1. The minimum atomic E-state index is -5.02. The number of piperidine rings is 1. The molecule has 0 saturated carbocycles. The van der Waals surface area contributed by atoms with Gasteiger partial charge in [0.15, 0.2) is 0 Å². The van der Waals surface area contributed by atoms with Gasteiger partial charge in [-0.25, -0.2) is 8.98 Å². The summed E-state index contributed by atoms with van der Waals surface area (Å²) in [5.41, 5.74) is -3.15. The molecule has 19 heavy (non-hydrogen) atoms. The molecule has 7 nitrogen and oxygen atoms in total. The third kappa shape index (κ3) is 1.98. The molecule has 1 radical (unpaired) electrons. The maximum absolute atomic E-state index is 13.1. The van der Waals surface area contributed by atoms with Crippen LogP contribution in [0.1, 0.15) is 12.8 Å². The van der Waals surface area contributed by atoms with E-state index in [1.807, 2.05) is 0 Å². The van der Waals surface area contributed by atoms with Crippen LogP contribution >= 0.6 is 0 Å². The van der Waals surface area contributed by atoms with Crippen LogP contribution in [0.2, 0.25) is 0 Å². The van der Waals surface area contributed by atoms with Crippen molar-refractivity contribution in [2.24, 2.45) is 0 Å². The molecule has 3 saturated heterocycles. The molecule has 0 aromatic carbocycles. The first-order valence-electron chi connectivity index (χ1n) is 4.99. The molecular formula is C7H7F3N2NaO5S. The molecule has 3 aliphatic rings. The molecule has 0 N–H and O–H groups in total. The number of hydrogen-bond acceptors (Lipinski definition) is 5. The first-order chi connectivity index (χ1) is 8.16. The quantitative estimate of drug-likeness (QED) is 0.587. The van der Waals surface area contributed by atoms with Crippen LogP contribution in [0.4, 0.5) is 18.0 Å². The van der Waals surface area contributed by atoms with Crippen LogP contribution in [0.5, 0.6) is 0 Å². The van der Waals surface area contributed by atoms with Crippen molar-refractivity contribution in [3.05, 3.63) is 0 Å². The van der Waals surface area contributed by atoms with Crippen molar-refractivity contribution in [3.8, 4) is 0 Å². The van der Waals surface area contributed by atoms with Gasteiger partial charge in [0.25, 0.3) is 5.72 Å². The second kappa shape index (κ2) is 4.21. The number of fused-ring (bicyclic) bond motifs is 3. The normalized spacial score (nSPS) is 36.2. The number of nitrogens with zero attached hydrogens (tertiary/aromatic N) is 2. The molecule has 3 bridgehead atoms. The van der Waals surface area contributed by atoms with Crippen LogP contribution in [-0.4, -0.2) is 78.5 Å². The second-order valence-electron chi connectivity index (χ2n) is 4.26. The Bertz CT molecular complexity index is 525. The largest absolute Gasteiger partial charge is 0.438 e. The fourth-order valence-electron chi connectivity index (χ4n) is 2.45. The minimum Gasteiger partial charge on any atom is -0.283 e. The van der Waals surface area contributed by atoms with Crippen molar-refractivity contribution in [1.82, 2.24) is 9.96 Å². The number of carbonyl (C=O) groups is 1. The van der Waals surface area contributed by atoms with Gasteiger partial charge in [-0.05, 0) is 6.42 Å². The topological polar surface area (TPSA) is 76.1 Å². The molecule has 2 atom stereocenters. The second-order valence-corrected chi connectivity index (χ2v) is 5.39. The van der Waals surface area contributed by atoms with E-state index in [0.29, 0.717) is 9.96 Å². The van der Waals surface area contributed by atoms with E-state index < -0.39 is 40.8 Å². The van der Waals surface area contributed by atoms with Crippen LogP contribution in [0.3, 0.4) is 0 Å². The molecule has 3 heterocycles. The number of hydrogen-bond donors (Lipinski definition) is 0. The van der Waals surface area contributed by atoms with Gasteiger partial charge in [-0.1, -0.05) is 0 Å². The Labute approximate surface area is 128 Å². The third-order valence-electron chi connectivity index (χ3n) is 3.25. The smallest absolute Gasteiger partial charge is 0.283 e. The molecule has 103 valence electrons. The predicted molar refractivity (Wildman–Crippen MR) is 52.6 cm³/mol. The van der Waals surface area contributed by atoms with Crippen molar-refractivity contribution >= 4 is 46.0 Å². The third-order valence-corrected chi connectivity index (χ3v) is 4.07. The number of hydroxylamine groups is 2. The Morgan fingerprint density at radius 2 is 2.00 bits per heavy atom. The summed E-state index contributed by atoms with van der Waals surface area (Å²) in [4.78, 5) is 12.1. The van der Waals surface area contributed by atoms with Crippen LogP contribution < -0.4 is 0 Å². The van der Waals surface area contributed by atoms with Crippen LogP contribution in [0.25, 0.3) is 0 Å². The monoisotopic (exact) mass is 311 g/mol. The van der Waals surface area contributed by atoms with E-state index >= 15 is 0 Å². The zero-order valence-electron chi connectivity index (χ0n) is 9.68. The van der Waals surface area contributed by atoms with Gasteiger partial charge in [-0.2, -0.15) is 26.7 Å². The summed E-state index contributed by atoms with van der Waals surface area (Å²) in [6.07, 6.45) is -5.70. The number of urea groups is 1. The summed E-state index contributed by atoms with van der Waals surface area (Å²) in [6, 6.07) is -1.84. The maximum Gasteiger partial charge on any atom is 0.438 e. The summed E-state index contributed by atoms with van der Waals surface area (Å²) >= 11 is 0. The first kappa shape index (κ1) is 15.3. The summed E-state index contributed by atoms with van der Waals surface area (Å²) in [7, 11) is -4.91. The van der Waals surface area contributed by atoms with E-state index in [0.717, 1.165) is 0 Å². The zero-order valence-corrected chi connectivity index (χ0v) is 12.5. The van der Waals surface area contributed by atoms with Crippen molar-refractivity contribution < 1.29 is 34.9 Å². The van der Waals surface area contributed by atoms with Crippen molar-refractivity contribution in [2.45, 2.75) is 30.8 Å². The van der Waals surface area contributed by atoms with Gasteiger partial charge < -0.3 is 0 Å². The van der Waals surface area contributed by atoms with Gasteiger partial charge in [-0.15, -0.1) is 4.28 Å². The number of rotatable bonds is 0. The molecule has 0 spiro atoms. The zero-order chi connectivity index (χ0) is 13.3. The van der Waals surface area contributed by atoms with Gasteiger partial charge in [0, 0.05) is 42.5 Å². The molecule has 3 rings (SSSR count). The molecule has 3 fully saturated rings. The summed E-state index contributed by atoms with van der Waals surface area (Å²) in [5.74, 6) is 0. The van der Waals surface area contributed by atoms with Crippen molar-refractivity contribution in [3.63, 3.8) is 0 Å². The molecule has 0 aromatic heterocycles. The van der Waals surface area contributed by atoms with E-state index in [1.165, 1.54) is 0 Å².